The number of nitrogens with zero attached hydrogens (tertiary/aromatic N) is 3. The van der Waals surface area contributed by atoms with E-state index in [-0.39, 0.29) is 5.75 Å². The summed E-state index contributed by atoms with van der Waals surface area (Å²) < 4.78 is 56.5. The standard InChI is InChI=1S/C16H16F3N3O2S/c1-21-14-12(7-5-8-13(14)24-10-16(17,18)19)22(25(2)23)15(21)11-6-3-4-9-20-11/h3-9,15H,10H2,1-2H3. The maximum absolute atomic E-state index is 12.5. The smallest absolute Gasteiger partial charge is 0.422 e. The topological polar surface area (TPSA) is 51.7 Å². The third-order valence-corrected chi connectivity index (χ3v) is 4.73. The lowest BCUT2D eigenvalue weighted by atomic mass is 10.2. The van der Waals surface area contributed by atoms with Gasteiger partial charge >= 0.3 is 6.18 Å². The molecule has 0 spiro atoms. The van der Waals surface area contributed by atoms with Crippen molar-refractivity contribution in [2.45, 2.75) is 12.3 Å². The normalized spacial score (nSPS) is 18.2. The minimum absolute atomic E-state index is 0.0891. The molecule has 2 atom stereocenters. The number of halogens is 3. The Bertz CT molecular complexity index is 743. The van der Waals surface area contributed by atoms with Crippen LogP contribution >= 0.6 is 0 Å². The molecular weight excluding hydrogens is 355 g/mol. The molecule has 1 aromatic carbocycles. The van der Waals surface area contributed by atoms with Crippen LogP contribution in [0.25, 0.3) is 0 Å². The molecule has 9 heteroatoms. The zero-order valence-corrected chi connectivity index (χ0v) is 14.3. The van der Waals surface area contributed by atoms with Crippen molar-refractivity contribution in [3.8, 4) is 5.75 Å². The first-order valence-electron chi connectivity index (χ1n) is 7.38. The summed E-state index contributed by atoms with van der Waals surface area (Å²) in [4.78, 5) is 6.03. The van der Waals surface area contributed by atoms with Crippen molar-refractivity contribution in [3.63, 3.8) is 0 Å². The number of pyridine rings is 1. The van der Waals surface area contributed by atoms with Crippen molar-refractivity contribution < 1.29 is 22.5 Å². The van der Waals surface area contributed by atoms with Crippen molar-refractivity contribution in [1.82, 2.24) is 4.98 Å². The Morgan fingerprint density at radius 1 is 1.24 bits per heavy atom. The average Bonchev–Trinajstić information content (AvgIpc) is 2.87. The first-order chi connectivity index (χ1) is 11.8. The van der Waals surface area contributed by atoms with Crippen molar-refractivity contribution in [1.29, 1.82) is 0 Å². The van der Waals surface area contributed by atoms with Crippen molar-refractivity contribution >= 4 is 22.7 Å². The highest BCUT2D eigenvalue weighted by atomic mass is 32.2. The lowest BCUT2D eigenvalue weighted by molar-refractivity contribution is -0.153. The Hall–Kier alpha value is -2.13. The van der Waals surface area contributed by atoms with Gasteiger partial charge in [-0.1, -0.05) is 12.1 Å². The van der Waals surface area contributed by atoms with Crippen LogP contribution in [0.5, 0.6) is 5.75 Å². The molecule has 25 heavy (non-hydrogen) atoms. The molecule has 3 rings (SSSR count). The SMILES string of the molecule is CN1c2c(OCC(F)(F)F)cccc2N([S+](C)[O-])C1c1ccccn1. The fraction of sp³-hybridized carbons (Fsp3) is 0.312. The monoisotopic (exact) mass is 371 g/mol. The van der Waals surface area contributed by atoms with Gasteiger partial charge in [0.2, 0.25) is 0 Å². The van der Waals surface area contributed by atoms with Gasteiger partial charge in [0, 0.05) is 13.2 Å². The summed E-state index contributed by atoms with van der Waals surface area (Å²) in [7, 11) is 1.71. The summed E-state index contributed by atoms with van der Waals surface area (Å²) in [6.07, 6.45) is -1.81. The Kier molecular flexibility index (Phi) is 4.70. The Labute approximate surface area is 146 Å². The Balaban J connectivity index is 2.03. The summed E-state index contributed by atoms with van der Waals surface area (Å²) in [5.41, 5.74) is 1.63. The predicted molar refractivity (Wildman–Crippen MR) is 89.9 cm³/mol. The predicted octanol–water partition coefficient (Wildman–Crippen LogP) is 3.27. The number of hydrogen-bond donors (Lipinski definition) is 0. The van der Waals surface area contributed by atoms with Crippen molar-refractivity contribution in [2.75, 3.05) is 29.1 Å². The molecule has 1 aliphatic rings. The summed E-state index contributed by atoms with van der Waals surface area (Å²) in [5.74, 6) is 0.0891. The summed E-state index contributed by atoms with van der Waals surface area (Å²) in [6, 6.07) is 10.1. The second-order valence-electron chi connectivity index (χ2n) is 5.52. The first kappa shape index (κ1) is 17.7. The number of benzene rings is 1. The number of ether oxygens (including phenoxy) is 1. The van der Waals surface area contributed by atoms with Gasteiger partial charge in [0.25, 0.3) is 0 Å². The van der Waals surface area contributed by atoms with Crippen LogP contribution in [-0.4, -0.2) is 35.6 Å². The van der Waals surface area contributed by atoms with Crippen LogP contribution in [0.1, 0.15) is 11.9 Å². The molecule has 0 amide bonds. The molecule has 5 nitrogen and oxygen atoms in total. The van der Waals surface area contributed by atoms with E-state index in [1.807, 2.05) is 0 Å². The molecule has 2 unspecified atom stereocenters. The van der Waals surface area contributed by atoms with Gasteiger partial charge in [0.1, 0.15) is 23.4 Å². The van der Waals surface area contributed by atoms with Crippen molar-refractivity contribution in [2.24, 2.45) is 0 Å². The molecule has 0 aliphatic carbocycles. The average molecular weight is 371 g/mol. The van der Waals surface area contributed by atoms with Gasteiger partial charge in [-0.2, -0.15) is 17.5 Å². The van der Waals surface area contributed by atoms with Crippen LogP contribution < -0.4 is 13.9 Å². The highest BCUT2D eigenvalue weighted by Crippen LogP contribution is 2.51. The quantitative estimate of drug-likeness (QED) is 0.772. The third kappa shape index (κ3) is 3.47. The fourth-order valence-electron chi connectivity index (χ4n) is 2.86. The summed E-state index contributed by atoms with van der Waals surface area (Å²) in [6.45, 7) is -1.39. The highest BCUT2D eigenvalue weighted by molar-refractivity contribution is 7.92. The Morgan fingerprint density at radius 3 is 2.60 bits per heavy atom. The van der Waals surface area contributed by atoms with Gasteiger partial charge in [0.05, 0.1) is 17.1 Å². The largest absolute Gasteiger partial charge is 0.593 e. The number of fused-ring (bicyclic) bond motifs is 1. The van der Waals surface area contributed by atoms with Crippen LogP contribution in [0.2, 0.25) is 0 Å². The van der Waals surface area contributed by atoms with E-state index in [4.69, 9.17) is 4.74 Å². The molecule has 134 valence electrons. The van der Waals surface area contributed by atoms with E-state index < -0.39 is 30.3 Å². The number of anilines is 2. The van der Waals surface area contributed by atoms with Gasteiger partial charge in [0.15, 0.2) is 12.8 Å². The molecule has 0 bridgehead atoms. The van der Waals surface area contributed by atoms with Crippen molar-refractivity contribution in [3.05, 3.63) is 48.3 Å². The zero-order chi connectivity index (χ0) is 18.2. The van der Waals surface area contributed by atoms with E-state index >= 15 is 0 Å². The van der Waals surface area contributed by atoms with E-state index in [1.54, 1.807) is 52.8 Å². The minimum Gasteiger partial charge on any atom is -0.593 e. The molecule has 1 aromatic heterocycles. The van der Waals surface area contributed by atoms with Crippen LogP contribution in [0.4, 0.5) is 24.5 Å². The second-order valence-corrected chi connectivity index (χ2v) is 6.76. The summed E-state index contributed by atoms with van der Waals surface area (Å²) >= 11 is -1.41. The number of hydrogen-bond acceptors (Lipinski definition) is 5. The van der Waals surface area contributed by atoms with Gasteiger partial charge in [-0.25, -0.2) is 0 Å². The first-order valence-corrected chi connectivity index (χ1v) is 8.90. The maximum Gasteiger partial charge on any atom is 0.422 e. The van der Waals surface area contributed by atoms with Gasteiger partial charge < -0.3 is 14.2 Å². The number of aromatic nitrogens is 1. The van der Waals surface area contributed by atoms with Gasteiger partial charge in [-0.15, -0.1) is 0 Å². The number of alkyl halides is 3. The van der Waals surface area contributed by atoms with Crippen LogP contribution in [-0.2, 0) is 11.4 Å². The van der Waals surface area contributed by atoms with Gasteiger partial charge in [-0.3, -0.25) is 4.98 Å². The van der Waals surface area contributed by atoms with E-state index in [1.165, 1.54) is 12.3 Å². The molecule has 0 saturated heterocycles. The second kappa shape index (κ2) is 6.64. The lowest BCUT2D eigenvalue weighted by Gasteiger charge is -2.28. The molecule has 0 N–H and O–H groups in total. The number of rotatable bonds is 4. The van der Waals surface area contributed by atoms with Gasteiger partial charge in [-0.05, 0) is 24.3 Å². The molecule has 2 heterocycles. The minimum atomic E-state index is -4.44. The molecular formula is C16H16F3N3O2S. The van der Waals surface area contributed by atoms with E-state index in [0.717, 1.165) is 0 Å². The van der Waals surface area contributed by atoms with Crippen LogP contribution in [0.3, 0.4) is 0 Å². The Morgan fingerprint density at radius 2 is 2.00 bits per heavy atom. The fourth-order valence-corrected chi connectivity index (χ4v) is 3.81. The molecule has 0 radical (unpaired) electrons. The molecule has 2 aromatic rings. The third-order valence-electron chi connectivity index (χ3n) is 3.78. The lowest BCUT2D eigenvalue weighted by Crippen LogP contribution is -2.37. The maximum atomic E-state index is 12.5. The van der Waals surface area contributed by atoms with E-state index in [0.29, 0.717) is 17.1 Å². The number of para-hydroxylation sites is 1. The highest BCUT2D eigenvalue weighted by Gasteiger charge is 2.43. The summed E-state index contributed by atoms with van der Waals surface area (Å²) in [5, 5.41) is 0. The molecule has 0 saturated carbocycles. The zero-order valence-electron chi connectivity index (χ0n) is 13.5. The van der Waals surface area contributed by atoms with Crippen LogP contribution in [0.15, 0.2) is 42.6 Å². The molecule has 0 fully saturated rings. The van der Waals surface area contributed by atoms with E-state index in [9.17, 15) is 17.7 Å². The van der Waals surface area contributed by atoms with Crippen LogP contribution in [0, 0.1) is 0 Å². The van der Waals surface area contributed by atoms with E-state index in [2.05, 4.69) is 4.98 Å². The molecule has 1 aliphatic heterocycles.